The van der Waals surface area contributed by atoms with Crippen molar-refractivity contribution < 1.29 is 9.63 Å². The average molecular weight is 179 g/mol. The maximum Gasteiger partial charge on any atom is 0.243 e. The van der Waals surface area contributed by atoms with Gasteiger partial charge < -0.3 is 0 Å². The first-order valence-electron chi connectivity index (χ1n) is 4.27. The third kappa shape index (κ3) is 3.71. The van der Waals surface area contributed by atoms with Gasteiger partial charge in [0, 0.05) is 6.42 Å². The SMILES string of the molecule is CCC(=O)NOCc1ccccc1. The van der Waals surface area contributed by atoms with E-state index < -0.39 is 0 Å². The van der Waals surface area contributed by atoms with Gasteiger partial charge in [-0.2, -0.15) is 0 Å². The largest absolute Gasteiger partial charge is 0.273 e. The predicted octanol–water partition coefficient (Wildman–Crippen LogP) is 1.64. The second-order valence-electron chi connectivity index (χ2n) is 2.65. The van der Waals surface area contributed by atoms with E-state index in [1.165, 1.54) is 0 Å². The third-order valence-electron chi connectivity index (χ3n) is 1.59. The summed E-state index contributed by atoms with van der Waals surface area (Å²) in [5.74, 6) is -0.101. The fraction of sp³-hybridized carbons (Fsp3) is 0.300. The Hall–Kier alpha value is -1.35. The van der Waals surface area contributed by atoms with Gasteiger partial charge in [0.25, 0.3) is 0 Å². The quantitative estimate of drug-likeness (QED) is 0.713. The van der Waals surface area contributed by atoms with Crippen molar-refractivity contribution in [2.45, 2.75) is 20.0 Å². The third-order valence-corrected chi connectivity index (χ3v) is 1.59. The molecule has 1 amide bonds. The first-order valence-corrected chi connectivity index (χ1v) is 4.27. The minimum atomic E-state index is -0.101. The van der Waals surface area contributed by atoms with Crippen LogP contribution < -0.4 is 5.48 Å². The summed E-state index contributed by atoms with van der Waals surface area (Å²) in [4.78, 5) is 15.7. The molecule has 70 valence electrons. The Morgan fingerprint density at radius 1 is 1.38 bits per heavy atom. The molecule has 3 nitrogen and oxygen atoms in total. The van der Waals surface area contributed by atoms with E-state index >= 15 is 0 Å². The molecule has 0 saturated carbocycles. The van der Waals surface area contributed by atoms with E-state index in [0.29, 0.717) is 13.0 Å². The van der Waals surface area contributed by atoms with Gasteiger partial charge in [-0.25, -0.2) is 5.48 Å². The Morgan fingerprint density at radius 3 is 2.69 bits per heavy atom. The van der Waals surface area contributed by atoms with Crippen LogP contribution in [0.3, 0.4) is 0 Å². The molecule has 3 heteroatoms. The molecule has 0 aromatic heterocycles. The molecule has 1 rings (SSSR count). The van der Waals surface area contributed by atoms with Gasteiger partial charge in [0.2, 0.25) is 5.91 Å². The fourth-order valence-corrected chi connectivity index (χ4v) is 0.846. The van der Waals surface area contributed by atoms with Gasteiger partial charge in [-0.1, -0.05) is 37.3 Å². The number of rotatable bonds is 4. The fourth-order valence-electron chi connectivity index (χ4n) is 0.846. The van der Waals surface area contributed by atoms with Crippen molar-refractivity contribution >= 4 is 5.91 Å². The molecule has 0 fully saturated rings. The number of carbonyl (C=O) groups is 1. The van der Waals surface area contributed by atoms with Gasteiger partial charge in [-0.15, -0.1) is 0 Å². The van der Waals surface area contributed by atoms with E-state index in [-0.39, 0.29) is 5.91 Å². The van der Waals surface area contributed by atoms with Gasteiger partial charge in [0.15, 0.2) is 0 Å². The normalized spacial score (nSPS) is 9.62. The topological polar surface area (TPSA) is 38.3 Å². The maximum absolute atomic E-state index is 10.8. The lowest BCUT2D eigenvalue weighted by atomic mass is 10.2. The van der Waals surface area contributed by atoms with Gasteiger partial charge >= 0.3 is 0 Å². The number of hydrogen-bond acceptors (Lipinski definition) is 2. The Bertz CT molecular complexity index is 259. The summed E-state index contributed by atoms with van der Waals surface area (Å²) < 4.78 is 0. The zero-order valence-electron chi connectivity index (χ0n) is 7.62. The van der Waals surface area contributed by atoms with Crippen LogP contribution >= 0.6 is 0 Å². The lowest BCUT2D eigenvalue weighted by molar-refractivity contribution is -0.134. The maximum atomic E-state index is 10.8. The summed E-state index contributed by atoms with van der Waals surface area (Å²) in [6.45, 7) is 2.19. The number of benzene rings is 1. The lowest BCUT2D eigenvalue weighted by Gasteiger charge is -2.03. The van der Waals surface area contributed by atoms with Crippen molar-refractivity contribution in [2.75, 3.05) is 0 Å². The Balaban J connectivity index is 2.24. The minimum absolute atomic E-state index is 0.101. The number of carbonyl (C=O) groups excluding carboxylic acids is 1. The summed E-state index contributed by atoms with van der Waals surface area (Å²) in [5, 5.41) is 0. The minimum Gasteiger partial charge on any atom is -0.273 e. The van der Waals surface area contributed by atoms with Crippen LogP contribution in [0.25, 0.3) is 0 Å². The van der Waals surface area contributed by atoms with Crippen LogP contribution in [0.2, 0.25) is 0 Å². The summed E-state index contributed by atoms with van der Waals surface area (Å²) >= 11 is 0. The number of hydroxylamine groups is 1. The second-order valence-corrected chi connectivity index (χ2v) is 2.65. The molecule has 0 heterocycles. The van der Waals surface area contributed by atoms with E-state index in [1.54, 1.807) is 6.92 Å². The number of nitrogens with one attached hydrogen (secondary N) is 1. The molecule has 1 aromatic rings. The Kier molecular flexibility index (Phi) is 3.99. The first-order chi connectivity index (χ1) is 6.33. The molecule has 0 unspecified atom stereocenters. The van der Waals surface area contributed by atoms with Gasteiger partial charge in [-0.3, -0.25) is 9.63 Å². The molecule has 0 bridgehead atoms. The van der Waals surface area contributed by atoms with Crippen LogP contribution in [-0.4, -0.2) is 5.91 Å². The van der Waals surface area contributed by atoms with Crippen molar-refractivity contribution in [2.24, 2.45) is 0 Å². The highest BCUT2D eigenvalue weighted by molar-refractivity contribution is 5.74. The molecule has 0 aliphatic heterocycles. The molecule has 0 saturated heterocycles. The predicted molar refractivity (Wildman–Crippen MR) is 49.7 cm³/mol. The zero-order valence-corrected chi connectivity index (χ0v) is 7.62. The number of amides is 1. The molecular weight excluding hydrogens is 166 g/mol. The van der Waals surface area contributed by atoms with E-state index in [2.05, 4.69) is 5.48 Å². The average Bonchev–Trinajstić information content (AvgIpc) is 2.19. The molecule has 1 aromatic carbocycles. The van der Waals surface area contributed by atoms with Crippen molar-refractivity contribution in [1.82, 2.24) is 5.48 Å². The zero-order chi connectivity index (χ0) is 9.52. The highest BCUT2D eigenvalue weighted by Crippen LogP contribution is 1.98. The molecule has 0 radical (unpaired) electrons. The molecule has 13 heavy (non-hydrogen) atoms. The van der Waals surface area contributed by atoms with E-state index in [1.807, 2.05) is 30.3 Å². The van der Waals surface area contributed by atoms with Crippen molar-refractivity contribution in [1.29, 1.82) is 0 Å². The van der Waals surface area contributed by atoms with Crippen molar-refractivity contribution in [3.05, 3.63) is 35.9 Å². The van der Waals surface area contributed by atoms with E-state index in [0.717, 1.165) is 5.56 Å². The lowest BCUT2D eigenvalue weighted by Crippen LogP contribution is -2.22. The molecule has 0 aliphatic carbocycles. The van der Waals surface area contributed by atoms with Crippen LogP contribution in [0, 0.1) is 0 Å². The van der Waals surface area contributed by atoms with Crippen LogP contribution in [0.5, 0.6) is 0 Å². The monoisotopic (exact) mass is 179 g/mol. The molecular formula is C10H13NO2. The summed E-state index contributed by atoms with van der Waals surface area (Å²) in [7, 11) is 0. The summed E-state index contributed by atoms with van der Waals surface area (Å²) in [6, 6.07) is 9.69. The van der Waals surface area contributed by atoms with E-state index in [9.17, 15) is 4.79 Å². The van der Waals surface area contributed by atoms with Crippen LogP contribution in [-0.2, 0) is 16.2 Å². The van der Waals surface area contributed by atoms with Crippen molar-refractivity contribution in [3.8, 4) is 0 Å². The Labute approximate surface area is 77.7 Å². The Morgan fingerprint density at radius 2 is 2.08 bits per heavy atom. The summed E-state index contributed by atoms with van der Waals surface area (Å²) in [6.07, 6.45) is 0.439. The standard InChI is InChI=1S/C10H13NO2/c1-2-10(12)11-13-8-9-6-4-3-5-7-9/h3-7H,2,8H2,1H3,(H,11,12). The highest BCUT2D eigenvalue weighted by Gasteiger charge is 1.95. The second kappa shape index (κ2) is 5.32. The van der Waals surface area contributed by atoms with Gasteiger partial charge in [0.05, 0.1) is 6.61 Å². The highest BCUT2D eigenvalue weighted by atomic mass is 16.6. The molecule has 0 atom stereocenters. The molecule has 0 spiro atoms. The van der Waals surface area contributed by atoms with Crippen LogP contribution in [0.4, 0.5) is 0 Å². The first kappa shape index (κ1) is 9.74. The van der Waals surface area contributed by atoms with Crippen LogP contribution in [0.1, 0.15) is 18.9 Å². The smallest absolute Gasteiger partial charge is 0.243 e. The summed E-state index contributed by atoms with van der Waals surface area (Å²) in [5.41, 5.74) is 3.38. The van der Waals surface area contributed by atoms with Crippen LogP contribution in [0.15, 0.2) is 30.3 Å². The van der Waals surface area contributed by atoms with E-state index in [4.69, 9.17) is 4.84 Å². The van der Waals surface area contributed by atoms with Gasteiger partial charge in [-0.05, 0) is 5.56 Å². The van der Waals surface area contributed by atoms with Crippen molar-refractivity contribution in [3.63, 3.8) is 0 Å². The van der Waals surface area contributed by atoms with Gasteiger partial charge in [0.1, 0.15) is 0 Å². The molecule has 0 aliphatic rings. The molecule has 1 N–H and O–H groups in total. The number of hydrogen-bond donors (Lipinski definition) is 1.